The maximum absolute atomic E-state index is 12.6. The molecule has 0 aromatic carbocycles. The van der Waals surface area contributed by atoms with E-state index in [1.807, 2.05) is 112 Å². The van der Waals surface area contributed by atoms with Crippen LogP contribution in [-0.2, 0) is 32.7 Å². The van der Waals surface area contributed by atoms with E-state index >= 15 is 0 Å². The van der Waals surface area contributed by atoms with Gasteiger partial charge in [-0.05, 0) is 44.9 Å². The summed E-state index contributed by atoms with van der Waals surface area (Å²) < 4.78 is 34.1. The summed E-state index contributed by atoms with van der Waals surface area (Å²) in [6.07, 6.45) is 49.7. The Labute approximate surface area is 333 Å². The fraction of sp³-hybridized carbons (Fsp3) is 0.511. The third-order valence-electron chi connectivity index (χ3n) is 7.46. The lowest BCUT2D eigenvalue weighted by molar-refractivity contribution is -0.870. The molecule has 0 aliphatic heterocycles. The molecular weight excluding hydrogens is 713 g/mol. The van der Waals surface area contributed by atoms with E-state index in [-0.39, 0.29) is 26.1 Å². The number of carbonyl (C=O) groups is 2. The Bertz CT molecular complexity index is 1340. The highest BCUT2D eigenvalue weighted by Gasteiger charge is 2.27. The summed E-state index contributed by atoms with van der Waals surface area (Å²) in [7, 11) is 1.38. The van der Waals surface area contributed by atoms with Crippen molar-refractivity contribution in [1.82, 2.24) is 0 Å². The average Bonchev–Trinajstić information content (AvgIpc) is 3.13. The Hall–Kier alpha value is -3.59. The second-order valence-corrected chi connectivity index (χ2v) is 15.3. The molecule has 0 aromatic rings. The molecule has 55 heavy (non-hydrogen) atoms. The van der Waals surface area contributed by atoms with Crippen molar-refractivity contribution in [2.24, 2.45) is 0 Å². The largest absolute Gasteiger partial charge is 0.472 e. The maximum Gasteiger partial charge on any atom is 0.472 e. The van der Waals surface area contributed by atoms with E-state index in [0.29, 0.717) is 30.3 Å². The molecule has 0 saturated carbocycles. The van der Waals surface area contributed by atoms with Gasteiger partial charge < -0.3 is 18.9 Å². The van der Waals surface area contributed by atoms with E-state index in [9.17, 15) is 19.0 Å². The van der Waals surface area contributed by atoms with Gasteiger partial charge in [0.25, 0.3) is 0 Å². The van der Waals surface area contributed by atoms with Crippen molar-refractivity contribution < 1.29 is 42.1 Å². The zero-order chi connectivity index (χ0) is 40.7. The van der Waals surface area contributed by atoms with Crippen LogP contribution in [0.1, 0.15) is 97.3 Å². The number of nitrogens with zero attached hydrogens (tertiary/aromatic N) is 1. The van der Waals surface area contributed by atoms with Gasteiger partial charge in [-0.3, -0.25) is 18.6 Å². The van der Waals surface area contributed by atoms with Gasteiger partial charge in [0.1, 0.15) is 19.8 Å². The molecular formula is C45H71NO8P+. The molecule has 308 valence electrons. The van der Waals surface area contributed by atoms with Crippen LogP contribution in [0.3, 0.4) is 0 Å². The topological polar surface area (TPSA) is 108 Å². The van der Waals surface area contributed by atoms with E-state index in [4.69, 9.17) is 18.5 Å². The summed E-state index contributed by atoms with van der Waals surface area (Å²) in [6.45, 7) is 4.02. The molecule has 0 bridgehead atoms. The van der Waals surface area contributed by atoms with Crippen molar-refractivity contribution >= 4 is 19.8 Å². The quantitative estimate of drug-likeness (QED) is 0.0230. The molecule has 0 rings (SSSR count). The Balaban J connectivity index is 4.60. The molecule has 0 aliphatic carbocycles. The minimum Gasteiger partial charge on any atom is -0.462 e. The van der Waals surface area contributed by atoms with Crippen molar-refractivity contribution in [3.63, 3.8) is 0 Å². The van der Waals surface area contributed by atoms with Crippen LogP contribution < -0.4 is 0 Å². The first-order chi connectivity index (χ1) is 26.5. The monoisotopic (exact) mass is 784 g/mol. The highest BCUT2D eigenvalue weighted by Crippen LogP contribution is 2.43. The van der Waals surface area contributed by atoms with Gasteiger partial charge in [0.2, 0.25) is 0 Å². The van der Waals surface area contributed by atoms with Gasteiger partial charge in [-0.1, -0.05) is 161 Å². The number of likely N-dealkylation sites (N-methyl/N-ethyl adjacent to an activating group) is 1. The van der Waals surface area contributed by atoms with Gasteiger partial charge >= 0.3 is 19.8 Å². The van der Waals surface area contributed by atoms with Gasteiger partial charge in [0, 0.05) is 12.8 Å². The average molecular weight is 785 g/mol. The van der Waals surface area contributed by atoms with E-state index < -0.39 is 32.5 Å². The van der Waals surface area contributed by atoms with Crippen LogP contribution in [0.25, 0.3) is 0 Å². The lowest BCUT2D eigenvalue weighted by Crippen LogP contribution is -2.37. The summed E-state index contributed by atoms with van der Waals surface area (Å²) >= 11 is 0. The Morgan fingerprint density at radius 2 is 1.05 bits per heavy atom. The molecule has 0 aromatic heterocycles. The molecule has 0 fully saturated rings. The summed E-state index contributed by atoms with van der Waals surface area (Å²) in [6, 6.07) is 0. The number of hydrogen-bond donors (Lipinski definition) is 1. The highest BCUT2D eigenvalue weighted by atomic mass is 31.2. The molecule has 0 amide bonds. The Kier molecular flexibility index (Phi) is 33.7. The fourth-order valence-electron chi connectivity index (χ4n) is 4.37. The first-order valence-corrected chi connectivity index (χ1v) is 21.4. The van der Waals surface area contributed by atoms with Crippen molar-refractivity contribution in [2.75, 3.05) is 47.5 Å². The third-order valence-corrected chi connectivity index (χ3v) is 8.45. The van der Waals surface area contributed by atoms with Gasteiger partial charge in [0.15, 0.2) is 6.10 Å². The molecule has 1 N–H and O–H groups in total. The van der Waals surface area contributed by atoms with E-state index in [1.165, 1.54) is 0 Å². The number of esters is 2. The zero-order valence-corrected chi connectivity index (χ0v) is 35.2. The number of phosphoric ester groups is 1. The molecule has 9 nitrogen and oxygen atoms in total. The minimum absolute atomic E-state index is 0.00524. The lowest BCUT2D eigenvalue weighted by Gasteiger charge is -2.24. The summed E-state index contributed by atoms with van der Waals surface area (Å²) in [5, 5.41) is 0. The Morgan fingerprint density at radius 3 is 1.60 bits per heavy atom. The normalized spacial score (nSPS) is 14.9. The summed E-state index contributed by atoms with van der Waals surface area (Å²) in [5.74, 6) is -0.933. The van der Waals surface area contributed by atoms with Crippen LogP contribution in [0.4, 0.5) is 0 Å². The number of quaternary nitrogens is 1. The van der Waals surface area contributed by atoms with Crippen LogP contribution in [-0.4, -0.2) is 74.9 Å². The number of rotatable bonds is 33. The molecule has 2 atom stereocenters. The first-order valence-electron chi connectivity index (χ1n) is 19.9. The molecule has 0 heterocycles. The Morgan fingerprint density at radius 1 is 0.582 bits per heavy atom. The van der Waals surface area contributed by atoms with Gasteiger partial charge in [-0.2, -0.15) is 0 Å². The van der Waals surface area contributed by atoms with Gasteiger partial charge in [-0.15, -0.1) is 0 Å². The number of phosphoric acid groups is 1. The number of ether oxygens (including phenoxy) is 2. The van der Waals surface area contributed by atoms with Crippen LogP contribution in [0.2, 0.25) is 0 Å². The summed E-state index contributed by atoms with van der Waals surface area (Å²) in [4.78, 5) is 35.2. The minimum atomic E-state index is -4.41. The molecule has 0 spiro atoms. The predicted molar refractivity (Wildman–Crippen MR) is 228 cm³/mol. The van der Waals surface area contributed by atoms with E-state index in [1.54, 1.807) is 0 Å². The standard InChI is InChI=1S/C45H70NO8P/c1-6-8-10-12-14-16-18-20-21-22-23-24-26-27-29-31-33-35-37-44(47)51-41-43(42-53-55(49,50)52-40-39-46(3,4)5)54-45(48)38-36-34-32-30-28-25-19-17-15-13-11-9-7-2/h9-25,28,30,32,43H,6-8,26-27,29,31,33-42H2,1-5H3/p+1/b11-9+,12-10+,15-13+,16-14+,19-17+,20-18+,22-21+,24-23+,28-25+,32-30+. The second kappa shape index (κ2) is 36.1. The number of carbonyl (C=O) groups excluding carboxylic acids is 2. The lowest BCUT2D eigenvalue weighted by atomic mass is 10.1. The predicted octanol–water partition coefficient (Wildman–Crippen LogP) is 11.0. The number of hydrogen-bond acceptors (Lipinski definition) is 7. The molecule has 0 radical (unpaired) electrons. The second-order valence-electron chi connectivity index (χ2n) is 13.8. The van der Waals surface area contributed by atoms with E-state index in [2.05, 4.69) is 44.2 Å². The molecule has 0 saturated heterocycles. The maximum atomic E-state index is 12.6. The van der Waals surface area contributed by atoms with Crippen LogP contribution in [0, 0.1) is 0 Å². The fourth-order valence-corrected chi connectivity index (χ4v) is 5.11. The molecule has 0 aliphatic rings. The van der Waals surface area contributed by atoms with Crippen molar-refractivity contribution in [1.29, 1.82) is 0 Å². The third kappa shape index (κ3) is 39.9. The molecule has 2 unspecified atom stereocenters. The van der Waals surface area contributed by atoms with Crippen LogP contribution >= 0.6 is 7.82 Å². The van der Waals surface area contributed by atoms with Crippen molar-refractivity contribution in [3.8, 4) is 0 Å². The van der Waals surface area contributed by atoms with Gasteiger partial charge in [-0.25, -0.2) is 4.57 Å². The van der Waals surface area contributed by atoms with Crippen LogP contribution in [0.15, 0.2) is 122 Å². The summed E-state index contributed by atoms with van der Waals surface area (Å²) in [5.41, 5.74) is 0. The first kappa shape index (κ1) is 51.4. The highest BCUT2D eigenvalue weighted by molar-refractivity contribution is 7.47. The van der Waals surface area contributed by atoms with Crippen LogP contribution in [0.5, 0.6) is 0 Å². The van der Waals surface area contributed by atoms with Gasteiger partial charge in [0.05, 0.1) is 27.7 Å². The van der Waals surface area contributed by atoms with Crippen molar-refractivity contribution in [2.45, 2.75) is 103 Å². The number of unbranched alkanes of at least 4 members (excludes halogenated alkanes) is 7. The van der Waals surface area contributed by atoms with Crippen molar-refractivity contribution in [3.05, 3.63) is 122 Å². The van der Waals surface area contributed by atoms with E-state index in [0.717, 1.165) is 51.4 Å². The number of allylic oxidation sites excluding steroid dienone is 20. The smallest absolute Gasteiger partial charge is 0.462 e. The molecule has 10 heteroatoms. The SMILES string of the molecule is CC/C=C/C=C/C=C/C=C/C=C/CCCC(=O)OC(COC(=O)CCCCCCC/C=C/C=C/C=C/C=C/C=C/CCC)COP(=O)(O)OCC[N+](C)(C)C. The zero-order valence-electron chi connectivity index (χ0n) is 34.3.